The summed E-state index contributed by atoms with van der Waals surface area (Å²) in [6, 6.07) is 5.54. The van der Waals surface area contributed by atoms with Gasteiger partial charge in [-0.25, -0.2) is 0 Å². The van der Waals surface area contributed by atoms with Crippen molar-refractivity contribution in [2.45, 2.75) is 0 Å². The standard InChI is InChI=1S/C10H11ClN2O/c1-14-9-6-7(11)2-3-8(9)10-12-4-5-13-10/h2-3,6H,4-5H2,1H3,(H,12,13). The molecule has 4 heteroatoms. The van der Waals surface area contributed by atoms with Gasteiger partial charge >= 0.3 is 0 Å². The van der Waals surface area contributed by atoms with Crippen LogP contribution in [-0.2, 0) is 0 Å². The SMILES string of the molecule is COc1cc(Cl)ccc1C1=NCCN1. The molecular weight excluding hydrogens is 200 g/mol. The number of nitrogens with zero attached hydrogens (tertiary/aromatic N) is 1. The summed E-state index contributed by atoms with van der Waals surface area (Å²) in [5.41, 5.74) is 0.967. The molecule has 1 aromatic rings. The second kappa shape index (κ2) is 3.88. The average molecular weight is 211 g/mol. The summed E-state index contributed by atoms with van der Waals surface area (Å²) in [7, 11) is 1.63. The molecule has 0 aliphatic carbocycles. The summed E-state index contributed by atoms with van der Waals surface area (Å²) >= 11 is 5.86. The molecule has 1 N–H and O–H groups in total. The van der Waals surface area contributed by atoms with E-state index in [9.17, 15) is 0 Å². The third kappa shape index (κ3) is 1.68. The first-order valence-corrected chi connectivity index (χ1v) is 4.81. The maximum atomic E-state index is 5.86. The van der Waals surface area contributed by atoms with E-state index in [0.717, 1.165) is 30.2 Å². The van der Waals surface area contributed by atoms with E-state index < -0.39 is 0 Å². The average Bonchev–Trinajstić information content (AvgIpc) is 2.70. The highest BCUT2D eigenvalue weighted by Crippen LogP contribution is 2.23. The lowest BCUT2D eigenvalue weighted by atomic mass is 10.2. The molecule has 1 aromatic carbocycles. The number of rotatable bonds is 2. The number of methoxy groups -OCH3 is 1. The highest BCUT2D eigenvalue weighted by molar-refractivity contribution is 6.30. The number of hydrogen-bond donors (Lipinski definition) is 1. The number of benzene rings is 1. The molecule has 14 heavy (non-hydrogen) atoms. The Morgan fingerprint density at radius 1 is 1.50 bits per heavy atom. The van der Waals surface area contributed by atoms with E-state index in [1.54, 1.807) is 13.2 Å². The molecule has 0 saturated carbocycles. The monoisotopic (exact) mass is 210 g/mol. The molecule has 1 aliphatic rings. The van der Waals surface area contributed by atoms with Crippen molar-refractivity contribution in [3.05, 3.63) is 28.8 Å². The Labute approximate surface area is 87.7 Å². The van der Waals surface area contributed by atoms with Crippen molar-refractivity contribution in [2.75, 3.05) is 20.2 Å². The zero-order chi connectivity index (χ0) is 9.97. The summed E-state index contributed by atoms with van der Waals surface area (Å²) in [6.45, 7) is 1.71. The first-order valence-electron chi connectivity index (χ1n) is 4.43. The maximum absolute atomic E-state index is 5.86. The van der Waals surface area contributed by atoms with Crippen LogP contribution in [0.2, 0.25) is 5.02 Å². The summed E-state index contributed by atoms with van der Waals surface area (Å²) in [5.74, 6) is 1.64. The fourth-order valence-electron chi connectivity index (χ4n) is 1.44. The molecule has 0 unspecified atom stereocenters. The van der Waals surface area contributed by atoms with Crippen LogP contribution in [0, 0.1) is 0 Å². The number of amidine groups is 1. The molecule has 0 spiro atoms. The van der Waals surface area contributed by atoms with E-state index in [-0.39, 0.29) is 0 Å². The Bertz CT molecular complexity index is 376. The molecule has 0 amide bonds. The topological polar surface area (TPSA) is 33.6 Å². The van der Waals surface area contributed by atoms with Gasteiger partial charge in [0.1, 0.15) is 11.6 Å². The highest BCUT2D eigenvalue weighted by Gasteiger charge is 2.12. The van der Waals surface area contributed by atoms with E-state index in [0.29, 0.717) is 5.02 Å². The van der Waals surface area contributed by atoms with Crippen molar-refractivity contribution in [1.82, 2.24) is 5.32 Å². The van der Waals surface area contributed by atoms with Crippen LogP contribution in [0.15, 0.2) is 23.2 Å². The Hall–Kier alpha value is -1.22. The van der Waals surface area contributed by atoms with Gasteiger partial charge in [0.15, 0.2) is 0 Å². The van der Waals surface area contributed by atoms with Gasteiger partial charge in [-0.15, -0.1) is 0 Å². The van der Waals surface area contributed by atoms with E-state index >= 15 is 0 Å². The third-order valence-electron chi connectivity index (χ3n) is 2.09. The quantitative estimate of drug-likeness (QED) is 0.806. The van der Waals surface area contributed by atoms with Crippen LogP contribution in [0.5, 0.6) is 5.75 Å². The summed E-state index contributed by atoms with van der Waals surface area (Å²) in [4.78, 5) is 4.33. The molecule has 0 radical (unpaired) electrons. The van der Waals surface area contributed by atoms with Gasteiger partial charge in [-0.1, -0.05) is 11.6 Å². The van der Waals surface area contributed by atoms with Crippen LogP contribution < -0.4 is 10.1 Å². The van der Waals surface area contributed by atoms with Gasteiger partial charge < -0.3 is 10.1 Å². The molecule has 0 saturated heterocycles. The van der Waals surface area contributed by atoms with Gasteiger partial charge in [0.2, 0.25) is 0 Å². The minimum atomic E-state index is 0.671. The van der Waals surface area contributed by atoms with Crippen molar-refractivity contribution in [3.63, 3.8) is 0 Å². The predicted molar refractivity (Wildman–Crippen MR) is 57.4 cm³/mol. The third-order valence-corrected chi connectivity index (χ3v) is 2.33. The van der Waals surface area contributed by atoms with Gasteiger partial charge in [-0.3, -0.25) is 4.99 Å². The van der Waals surface area contributed by atoms with Crippen LogP contribution in [0.4, 0.5) is 0 Å². The summed E-state index contributed by atoms with van der Waals surface area (Å²) < 4.78 is 5.23. The normalized spacial score (nSPS) is 14.9. The molecule has 74 valence electrons. The fourth-order valence-corrected chi connectivity index (χ4v) is 1.60. The number of hydrogen-bond acceptors (Lipinski definition) is 3. The van der Waals surface area contributed by atoms with E-state index in [2.05, 4.69) is 10.3 Å². The summed E-state index contributed by atoms with van der Waals surface area (Å²) in [5, 5.41) is 3.86. The van der Waals surface area contributed by atoms with Gasteiger partial charge in [0.25, 0.3) is 0 Å². The fraction of sp³-hybridized carbons (Fsp3) is 0.300. The number of nitrogens with one attached hydrogen (secondary N) is 1. The van der Waals surface area contributed by atoms with Crippen molar-refractivity contribution in [1.29, 1.82) is 0 Å². The van der Waals surface area contributed by atoms with E-state index in [1.807, 2.05) is 12.1 Å². The summed E-state index contributed by atoms with van der Waals surface area (Å²) in [6.07, 6.45) is 0. The van der Waals surface area contributed by atoms with Crippen LogP contribution in [-0.4, -0.2) is 26.0 Å². The molecular formula is C10H11ClN2O. The zero-order valence-corrected chi connectivity index (χ0v) is 8.64. The maximum Gasteiger partial charge on any atom is 0.132 e. The molecule has 0 bridgehead atoms. The zero-order valence-electron chi connectivity index (χ0n) is 7.88. The number of aliphatic imine (C=N–C) groups is 1. The van der Waals surface area contributed by atoms with Crippen molar-refractivity contribution >= 4 is 17.4 Å². The second-order valence-corrected chi connectivity index (χ2v) is 3.44. The largest absolute Gasteiger partial charge is 0.496 e. The smallest absolute Gasteiger partial charge is 0.132 e. The molecule has 3 nitrogen and oxygen atoms in total. The van der Waals surface area contributed by atoms with Gasteiger partial charge in [-0.2, -0.15) is 0 Å². The van der Waals surface area contributed by atoms with Crippen LogP contribution in [0.25, 0.3) is 0 Å². The second-order valence-electron chi connectivity index (χ2n) is 3.00. The molecule has 1 heterocycles. The lowest BCUT2D eigenvalue weighted by Gasteiger charge is -2.08. The number of ether oxygens (including phenoxy) is 1. The van der Waals surface area contributed by atoms with Gasteiger partial charge in [0.05, 0.1) is 19.2 Å². The predicted octanol–water partition coefficient (Wildman–Crippen LogP) is 1.70. The minimum absolute atomic E-state index is 0.671. The lowest BCUT2D eigenvalue weighted by molar-refractivity contribution is 0.414. The first-order chi connectivity index (χ1) is 6.81. The minimum Gasteiger partial charge on any atom is -0.496 e. The Morgan fingerprint density at radius 2 is 2.36 bits per heavy atom. The first kappa shape index (κ1) is 9.34. The van der Waals surface area contributed by atoms with Crippen LogP contribution in [0.1, 0.15) is 5.56 Å². The molecule has 2 rings (SSSR count). The molecule has 0 fully saturated rings. The van der Waals surface area contributed by atoms with Crippen molar-refractivity contribution in [2.24, 2.45) is 4.99 Å². The van der Waals surface area contributed by atoms with Gasteiger partial charge in [-0.05, 0) is 18.2 Å². The van der Waals surface area contributed by atoms with Gasteiger partial charge in [0, 0.05) is 11.6 Å². The van der Waals surface area contributed by atoms with E-state index in [1.165, 1.54) is 0 Å². The van der Waals surface area contributed by atoms with Crippen molar-refractivity contribution < 1.29 is 4.74 Å². The van der Waals surface area contributed by atoms with E-state index in [4.69, 9.17) is 16.3 Å². The molecule has 1 aliphatic heterocycles. The lowest BCUT2D eigenvalue weighted by Crippen LogP contribution is -2.20. The highest BCUT2D eigenvalue weighted by atomic mass is 35.5. The Balaban J connectivity index is 2.41. The van der Waals surface area contributed by atoms with Crippen molar-refractivity contribution in [3.8, 4) is 5.75 Å². The Kier molecular flexibility index (Phi) is 2.59. The molecule has 0 aromatic heterocycles. The molecule has 0 atom stereocenters. The van der Waals surface area contributed by atoms with Crippen LogP contribution >= 0.6 is 11.6 Å². The van der Waals surface area contributed by atoms with Crippen LogP contribution in [0.3, 0.4) is 0 Å². The number of halogens is 1. The Morgan fingerprint density at radius 3 is 3.00 bits per heavy atom.